The first kappa shape index (κ1) is 10.5. The summed E-state index contributed by atoms with van der Waals surface area (Å²) in [4.78, 5) is 4.58. The van der Waals surface area contributed by atoms with Gasteiger partial charge in [0.25, 0.3) is 0 Å². The summed E-state index contributed by atoms with van der Waals surface area (Å²) in [6.07, 6.45) is 5.34. The first-order valence-corrected chi connectivity index (χ1v) is 6.44. The Morgan fingerprint density at radius 1 is 1.60 bits per heavy atom. The van der Waals surface area contributed by atoms with E-state index in [-0.39, 0.29) is 0 Å². The van der Waals surface area contributed by atoms with Gasteiger partial charge >= 0.3 is 0 Å². The van der Waals surface area contributed by atoms with Gasteiger partial charge in [-0.05, 0) is 43.1 Å². The molecular formula is C12H14N2S. The van der Waals surface area contributed by atoms with Gasteiger partial charge in [0.15, 0.2) is 0 Å². The number of nitriles is 1. The zero-order valence-corrected chi connectivity index (χ0v) is 9.90. The van der Waals surface area contributed by atoms with E-state index < -0.39 is 0 Å². The fourth-order valence-electron chi connectivity index (χ4n) is 2.06. The van der Waals surface area contributed by atoms with Crippen LogP contribution in [0.3, 0.4) is 0 Å². The van der Waals surface area contributed by atoms with Crippen LogP contribution in [0.1, 0.15) is 30.2 Å². The highest BCUT2D eigenvalue weighted by atomic mass is 32.2. The summed E-state index contributed by atoms with van der Waals surface area (Å²) < 4.78 is 0. The lowest BCUT2D eigenvalue weighted by molar-refractivity contribution is 0.491. The van der Waals surface area contributed by atoms with Crippen molar-refractivity contribution in [3.63, 3.8) is 0 Å². The predicted octanol–water partition coefficient (Wildman–Crippen LogP) is 2.80. The zero-order valence-electron chi connectivity index (χ0n) is 9.08. The molecule has 0 unspecified atom stereocenters. The number of hydrogen-bond donors (Lipinski definition) is 0. The van der Waals surface area contributed by atoms with E-state index in [1.807, 2.05) is 12.3 Å². The minimum Gasteiger partial charge on any atom is -0.245 e. The van der Waals surface area contributed by atoms with Crippen LogP contribution < -0.4 is 0 Å². The minimum absolute atomic E-state index is 0.728. The summed E-state index contributed by atoms with van der Waals surface area (Å²) in [6.45, 7) is 2.26. The first-order valence-electron chi connectivity index (χ1n) is 5.21. The van der Waals surface area contributed by atoms with E-state index in [0.29, 0.717) is 0 Å². The van der Waals surface area contributed by atoms with E-state index in [1.54, 1.807) is 11.8 Å². The first-order chi connectivity index (χ1) is 7.24. The van der Waals surface area contributed by atoms with Gasteiger partial charge in [0, 0.05) is 5.69 Å². The maximum Gasteiger partial charge on any atom is 0.114 e. The molecule has 0 amide bonds. The molecular weight excluding hydrogens is 204 g/mol. The number of nitrogens with zero attached hydrogens (tertiary/aromatic N) is 2. The molecule has 1 aliphatic rings. The Kier molecular flexibility index (Phi) is 2.97. The third kappa shape index (κ3) is 2.00. The summed E-state index contributed by atoms with van der Waals surface area (Å²) in [5, 5.41) is 9.89. The highest BCUT2D eigenvalue weighted by Gasteiger charge is 2.18. The molecule has 0 aliphatic heterocycles. The Morgan fingerprint density at radius 2 is 2.40 bits per heavy atom. The lowest BCUT2D eigenvalue weighted by atomic mass is 9.87. The molecule has 0 spiro atoms. The van der Waals surface area contributed by atoms with Crippen molar-refractivity contribution in [3.05, 3.63) is 22.9 Å². The second kappa shape index (κ2) is 4.24. The Bertz CT molecular complexity index is 420. The maximum atomic E-state index is 9.01. The van der Waals surface area contributed by atoms with Crippen molar-refractivity contribution in [2.75, 3.05) is 6.26 Å². The van der Waals surface area contributed by atoms with Gasteiger partial charge in [-0.3, -0.25) is 0 Å². The van der Waals surface area contributed by atoms with E-state index in [9.17, 15) is 0 Å². The Hall–Kier alpha value is -1.01. The van der Waals surface area contributed by atoms with Crippen LogP contribution in [-0.2, 0) is 12.8 Å². The van der Waals surface area contributed by atoms with Crippen molar-refractivity contribution in [2.45, 2.75) is 31.2 Å². The number of thioether (sulfide) groups is 1. The number of rotatable bonds is 1. The van der Waals surface area contributed by atoms with Gasteiger partial charge in [-0.15, -0.1) is 11.8 Å². The molecule has 0 saturated carbocycles. The van der Waals surface area contributed by atoms with Gasteiger partial charge in [0.2, 0.25) is 0 Å². The fraction of sp³-hybridized carbons (Fsp3) is 0.500. The quantitative estimate of drug-likeness (QED) is 0.680. The molecule has 78 valence electrons. The van der Waals surface area contributed by atoms with Crippen molar-refractivity contribution in [1.29, 1.82) is 5.26 Å². The van der Waals surface area contributed by atoms with Crippen LogP contribution in [0.5, 0.6) is 0 Å². The summed E-state index contributed by atoms with van der Waals surface area (Å²) in [7, 11) is 0. The molecule has 0 bridgehead atoms. The standard InChI is InChI=1S/C12H14N2S/c1-8-3-4-11-9(5-8)6-10(7-13)12(14-11)15-2/h6,8H,3-5H2,1-2H3/t8-/m1/s1. The highest BCUT2D eigenvalue weighted by molar-refractivity contribution is 7.98. The molecule has 1 aromatic heterocycles. The van der Waals surface area contributed by atoms with Gasteiger partial charge in [0.1, 0.15) is 11.1 Å². The van der Waals surface area contributed by atoms with Crippen LogP contribution in [-0.4, -0.2) is 11.2 Å². The molecule has 0 N–H and O–H groups in total. The van der Waals surface area contributed by atoms with Crippen molar-refractivity contribution >= 4 is 11.8 Å². The summed E-state index contributed by atoms with van der Waals surface area (Å²) in [6, 6.07) is 4.26. The third-order valence-corrected chi connectivity index (χ3v) is 3.61. The average Bonchev–Trinajstić information content (AvgIpc) is 2.27. The van der Waals surface area contributed by atoms with Gasteiger partial charge < -0.3 is 0 Å². The van der Waals surface area contributed by atoms with Crippen molar-refractivity contribution in [2.24, 2.45) is 5.92 Å². The van der Waals surface area contributed by atoms with Crippen LogP contribution in [0.2, 0.25) is 0 Å². The van der Waals surface area contributed by atoms with Gasteiger partial charge in [-0.1, -0.05) is 6.92 Å². The number of aryl methyl sites for hydroxylation is 1. The maximum absolute atomic E-state index is 9.01. The second-order valence-electron chi connectivity index (χ2n) is 4.11. The van der Waals surface area contributed by atoms with Gasteiger partial charge in [-0.25, -0.2) is 4.98 Å². The van der Waals surface area contributed by atoms with Gasteiger partial charge in [-0.2, -0.15) is 5.26 Å². The van der Waals surface area contributed by atoms with Crippen LogP contribution in [0, 0.1) is 17.2 Å². The number of aromatic nitrogens is 1. The highest BCUT2D eigenvalue weighted by Crippen LogP contribution is 2.28. The minimum atomic E-state index is 0.728. The van der Waals surface area contributed by atoms with Crippen molar-refractivity contribution in [1.82, 2.24) is 4.98 Å². The third-order valence-electron chi connectivity index (χ3n) is 2.91. The molecule has 2 nitrogen and oxygen atoms in total. The SMILES string of the molecule is CSc1nc2c(cc1C#N)C[C@H](C)CC2. The molecule has 0 saturated heterocycles. The lowest BCUT2D eigenvalue weighted by Gasteiger charge is -2.21. The number of fused-ring (bicyclic) bond motifs is 1. The van der Waals surface area contributed by atoms with Crippen LogP contribution in [0.4, 0.5) is 0 Å². The van der Waals surface area contributed by atoms with E-state index >= 15 is 0 Å². The topological polar surface area (TPSA) is 36.7 Å². The summed E-state index contributed by atoms with van der Waals surface area (Å²) in [5.74, 6) is 0.728. The molecule has 1 heterocycles. The van der Waals surface area contributed by atoms with E-state index in [0.717, 1.165) is 29.3 Å². The molecule has 0 radical (unpaired) electrons. The van der Waals surface area contributed by atoms with E-state index in [2.05, 4.69) is 18.0 Å². The fourth-order valence-corrected chi connectivity index (χ4v) is 2.59. The number of pyridine rings is 1. The Balaban J connectivity index is 2.46. The second-order valence-corrected chi connectivity index (χ2v) is 4.91. The molecule has 0 fully saturated rings. The lowest BCUT2D eigenvalue weighted by Crippen LogP contribution is -2.13. The van der Waals surface area contributed by atoms with Crippen molar-refractivity contribution < 1.29 is 0 Å². The van der Waals surface area contributed by atoms with Crippen LogP contribution >= 0.6 is 11.8 Å². The number of hydrogen-bond acceptors (Lipinski definition) is 3. The average molecular weight is 218 g/mol. The predicted molar refractivity (Wildman–Crippen MR) is 61.9 cm³/mol. The molecule has 2 rings (SSSR count). The summed E-state index contributed by atoms with van der Waals surface area (Å²) >= 11 is 1.56. The summed E-state index contributed by atoms with van der Waals surface area (Å²) in [5.41, 5.74) is 3.22. The Morgan fingerprint density at radius 3 is 3.07 bits per heavy atom. The smallest absolute Gasteiger partial charge is 0.114 e. The van der Waals surface area contributed by atoms with Gasteiger partial charge in [0.05, 0.1) is 5.56 Å². The van der Waals surface area contributed by atoms with Crippen LogP contribution in [0.25, 0.3) is 0 Å². The van der Waals surface area contributed by atoms with Crippen molar-refractivity contribution in [3.8, 4) is 6.07 Å². The Labute approximate surface area is 94.7 Å². The normalized spacial score (nSPS) is 19.4. The largest absolute Gasteiger partial charge is 0.245 e. The zero-order chi connectivity index (χ0) is 10.8. The molecule has 0 aromatic carbocycles. The molecule has 15 heavy (non-hydrogen) atoms. The molecule has 1 aromatic rings. The molecule has 1 aliphatic carbocycles. The monoisotopic (exact) mass is 218 g/mol. The molecule has 3 heteroatoms. The molecule has 1 atom stereocenters. The van der Waals surface area contributed by atoms with Crippen LogP contribution in [0.15, 0.2) is 11.1 Å². The van der Waals surface area contributed by atoms with E-state index in [1.165, 1.54) is 17.7 Å². The van der Waals surface area contributed by atoms with E-state index in [4.69, 9.17) is 5.26 Å².